The van der Waals surface area contributed by atoms with E-state index in [1.807, 2.05) is 0 Å². The highest BCUT2D eigenvalue weighted by atomic mass is 19.1. The Labute approximate surface area is 81.7 Å². The van der Waals surface area contributed by atoms with Crippen LogP contribution >= 0.6 is 0 Å². The molecule has 1 aromatic rings. The third-order valence-corrected chi connectivity index (χ3v) is 2.00. The number of rotatable bonds is 2. The maximum absolute atomic E-state index is 13.6. The van der Waals surface area contributed by atoms with Crippen molar-refractivity contribution in [2.24, 2.45) is 0 Å². The van der Waals surface area contributed by atoms with Gasteiger partial charge in [0.25, 0.3) is 0 Å². The van der Waals surface area contributed by atoms with Crippen LogP contribution in [0.4, 0.5) is 8.78 Å². The molecular formula is C11H12F2O. The summed E-state index contributed by atoms with van der Waals surface area (Å²) in [5.41, 5.74) is -1.29. The van der Waals surface area contributed by atoms with Gasteiger partial charge in [0.1, 0.15) is 11.5 Å². The zero-order chi connectivity index (χ0) is 10.9. The lowest BCUT2D eigenvalue weighted by Crippen LogP contribution is -2.14. The van der Waals surface area contributed by atoms with Crippen molar-refractivity contribution in [3.63, 3.8) is 0 Å². The molecule has 0 saturated heterocycles. The lowest BCUT2D eigenvalue weighted by Gasteiger charge is -2.17. The number of halogens is 2. The van der Waals surface area contributed by atoms with Crippen LogP contribution in [0.2, 0.25) is 0 Å². The summed E-state index contributed by atoms with van der Waals surface area (Å²) in [6.07, 6.45) is 0. The Bertz CT molecular complexity index is 364. The molecule has 1 nitrogen and oxygen atoms in total. The van der Waals surface area contributed by atoms with Crippen molar-refractivity contribution >= 4 is 5.78 Å². The Balaban J connectivity index is 3.37. The van der Waals surface area contributed by atoms with Crippen LogP contribution in [0, 0.1) is 5.82 Å². The molecule has 0 fully saturated rings. The maximum Gasteiger partial charge on any atom is 0.160 e. The third-order valence-electron chi connectivity index (χ3n) is 2.00. The molecule has 76 valence electrons. The van der Waals surface area contributed by atoms with E-state index in [1.54, 1.807) is 0 Å². The van der Waals surface area contributed by atoms with Crippen LogP contribution in [0.3, 0.4) is 0 Å². The predicted molar refractivity (Wildman–Crippen MR) is 50.5 cm³/mol. The van der Waals surface area contributed by atoms with Crippen molar-refractivity contribution < 1.29 is 13.6 Å². The fraction of sp³-hybridized carbons (Fsp3) is 0.364. The van der Waals surface area contributed by atoms with E-state index in [4.69, 9.17) is 0 Å². The molecule has 0 atom stereocenters. The molecule has 0 aliphatic rings. The number of carbonyl (C=O) groups is 1. The zero-order valence-electron chi connectivity index (χ0n) is 8.40. The molecular weight excluding hydrogens is 186 g/mol. The fourth-order valence-electron chi connectivity index (χ4n) is 1.33. The largest absolute Gasteiger partial charge is 0.294 e. The van der Waals surface area contributed by atoms with Gasteiger partial charge in [0, 0.05) is 5.56 Å². The lowest BCUT2D eigenvalue weighted by atomic mass is 9.93. The molecule has 1 aromatic carbocycles. The molecule has 0 spiro atoms. The normalized spacial score (nSPS) is 11.5. The summed E-state index contributed by atoms with van der Waals surface area (Å²) >= 11 is 0. The molecule has 14 heavy (non-hydrogen) atoms. The molecule has 0 radical (unpaired) electrons. The Kier molecular flexibility index (Phi) is 2.69. The summed E-state index contributed by atoms with van der Waals surface area (Å²) in [6, 6.07) is 3.54. The van der Waals surface area contributed by atoms with Gasteiger partial charge in [0.15, 0.2) is 5.78 Å². The van der Waals surface area contributed by atoms with Crippen LogP contribution < -0.4 is 0 Å². The molecule has 0 aliphatic carbocycles. The minimum Gasteiger partial charge on any atom is -0.294 e. The van der Waals surface area contributed by atoms with Crippen molar-refractivity contribution in [1.82, 2.24) is 0 Å². The number of ketones is 1. The van der Waals surface area contributed by atoms with Gasteiger partial charge in [0.2, 0.25) is 0 Å². The first-order valence-corrected chi connectivity index (χ1v) is 4.32. The second-order valence-corrected chi connectivity index (χ2v) is 3.72. The first kappa shape index (κ1) is 10.8. The molecule has 0 amide bonds. The average Bonchev–Trinajstić information content (AvgIpc) is 2.01. The number of carbonyl (C=O) groups excluding carboxylic acids is 1. The minimum absolute atomic E-state index is 0.109. The molecule has 3 heteroatoms. The Morgan fingerprint density at radius 2 is 1.93 bits per heavy atom. The highest BCUT2D eigenvalue weighted by Crippen LogP contribution is 2.28. The van der Waals surface area contributed by atoms with Gasteiger partial charge < -0.3 is 0 Å². The molecule has 1 rings (SSSR count). The smallest absolute Gasteiger partial charge is 0.160 e. The van der Waals surface area contributed by atoms with Gasteiger partial charge in [-0.25, -0.2) is 8.78 Å². The van der Waals surface area contributed by atoms with E-state index >= 15 is 0 Å². The number of benzene rings is 1. The van der Waals surface area contributed by atoms with Gasteiger partial charge in [-0.3, -0.25) is 4.79 Å². The predicted octanol–water partition coefficient (Wildman–Crippen LogP) is 3.23. The van der Waals surface area contributed by atoms with Gasteiger partial charge in [-0.05, 0) is 38.5 Å². The maximum atomic E-state index is 13.6. The Morgan fingerprint density at radius 1 is 1.36 bits per heavy atom. The van der Waals surface area contributed by atoms with Crippen molar-refractivity contribution in [3.05, 3.63) is 35.1 Å². The summed E-state index contributed by atoms with van der Waals surface area (Å²) in [6.45, 7) is 3.98. The van der Waals surface area contributed by atoms with Gasteiger partial charge in [-0.2, -0.15) is 0 Å². The van der Waals surface area contributed by atoms with Crippen LogP contribution in [-0.2, 0) is 5.67 Å². The van der Waals surface area contributed by atoms with Gasteiger partial charge in [-0.15, -0.1) is 0 Å². The molecule has 0 unspecified atom stereocenters. The summed E-state index contributed by atoms with van der Waals surface area (Å²) in [5, 5.41) is 0. The molecule has 0 heterocycles. The Hall–Kier alpha value is -1.25. The molecule has 0 N–H and O–H groups in total. The number of hydrogen-bond donors (Lipinski definition) is 0. The van der Waals surface area contributed by atoms with Crippen LogP contribution in [0.5, 0.6) is 0 Å². The second kappa shape index (κ2) is 3.48. The van der Waals surface area contributed by atoms with Crippen molar-refractivity contribution in [3.8, 4) is 0 Å². The van der Waals surface area contributed by atoms with E-state index < -0.39 is 11.5 Å². The third kappa shape index (κ3) is 2.16. The fourth-order valence-corrected chi connectivity index (χ4v) is 1.33. The quantitative estimate of drug-likeness (QED) is 0.667. The molecule has 0 bridgehead atoms. The standard InChI is InChI=1S/C11H12F2O/c1-7(14)9-6-8(12)4-5-10(9)11(2,3)13/h4-6H,1-3H3. The van der Waals surface area contributed by atoms with Gasteiger partial charge in [0.05, 0.1) is 0 Å². The van der Waals surface area contributed by atoms with Crippen molar-refractivity contribution in [1.29, 1.82) is 0 Å². The zero-order valence-corrected chi connectivity index (χ0v) is 8.40. The van der Waals surface area contributed by atoms with Crippen LogP contribution in [0.25, 0.3) is 0 Å². The van der Waals surface area contributed by atoms with E-state index in [2.05, 4.69) is 0 Å². The summed E-state index contributed by atoms with van der Waals surface area (Å²) in [5.74, 6) is -0.853. The minimum atomic E-state index is -1.63. The van der Waals surface area contributed by atoms with Crippen LogP contribution in [0.1, 0.15) is 36.7 Å². The van der Waals surface area contributed by atoms with Crippen LogP contribution in [-0.4, -0.2) is 5.78 Å². The van der Waals surface area contributed by atoms with E-state index in [1.165, 1.54) is 26.8 Å². The lowest BCUT2D eigenvalue weighted by molar-refractivity contribution is 0.101. The molecule has 0 saturated carbocycles. The number of Topliss-reactive ketones (excluding diaryl/α,β-unsaturated/α-hetero) is 1. The average molecular weight is 198 g/mol. The highest BCUT2D eigenvalue weighted by molar-refractivity contribution is 5.95. The number of alkyl halides is 1. The van der Waals surface area contributed by atoms with Gasteiger partial charge >= 0.3 is 0 Å². The molecule has 0 aromatic heterocycles. The van der Waals surface area contributed by atoms with E-state index in [9.17, 15) is 13.6 Å². The number of hydrogen-bond acceptors (Lipinski definition) is 1. The monoisotopic (exact) mass is 198 g/mol. The molecule has 0 aliphatic heterocycles. The van der Waals surface area contributed by atoms with Gasteiger partial charge in [-0.1, -0.05) is 6.07 Å². The van der Waals surface area contributed by atoms with E-state index in [0.29, 0.717) is 0 Å². The van der Waals surface area contributed by atoms with E-state index in [-0.39, 0.29) is 16.9 Å². The summed E-state index contributed by atoms with van der Waals surface area (Å²) < 4.78 is 26.4. The topological polar surface area (TPSA) is 17.1 Å². The van der Waals surface area contributed by atoms with E-state index in [0.717, 1.165) is 12.1 Å². The second-order valence-electron chi connectivity index (χ2n) is 3.72. The summed E-state index contributed by atoms with van der Waals surface area (Å²) in [4.78, 5) is 11.1. The highest BCUT2D eigenvalue weighted by Gasteiger charge is 2.24. The van der Waals surface area contributed by atoms with Crippen LogP contribution in [0.15, 0.2) is 18.2 Å². The Morgan fingerprint density at radius 3 is 2.36 bits per heavy atom. The first-order chi connectivity index (χ1) is 6.32. The van der Waals surface area contributed by atoms with Crippen molar-refractivity contribution in [2.75, 3.05) is 0 Å². The summed E-state index contributed by atoms with van der Waals surface area (Å²) in [7, 11) is 0. The first-order valence-electron chi connectivity index (χ1n) is 4.32. The van der Waals surface area contributed by atoms with Crippen molar-refractivity contribution in [2.45, 2.75) is 26.4 Å². The SMILES string of the molecule is CC(=O)c1cc(F)ccc1C(C)(C)F.